The molecule has 4 saturated heterocycles. The van der Waals surface area contributed by atoms with E-state index in [4.69, 9.17) is 10.00 Å². The largest absolute Gasteiger partial charge is 0.417 e. The van der Waals surface area contributed by atoms with Crippen LogP contribution in [0.1, 0.15) is 31.4 Å². The predicted molar refractivity (Wildman–Crippen MR) is 134 cm³/mol. The zero-order chi connectivity index (χ0) is 30.8. The monoisotopic (exact) mass is 601 g/mol. The van der Waals surface area contributed by atoms with Crippen LogP contribution in [0, 0.1) is 23.2 Å². The fraction of sp³-hybridized carbons (Fsp3) is 0.630. The molecule has 2 bridgehead atoms. The zero-order valence-electron chi connectivity index (χ0n) is 22.9. The molecule has 3 amide bonds. The van der Waals surface area contributed by atoms with E-state index in [0.29, 0.717) is 32.2 Å². The number of ether oxygens (including phenoxy) is 1. The molecule has 1 aromatic carbocycles. The van der Waals surface area contributed by atoms with Crippen molar-refractivity contribution in [2.75, 3.05) is 57.3 Å². The Labute approximate surface area is 237 Å². The van der Waals surface area contributed by atoms with Crippen LogP contribution in [0.15, 0.2) is 18.2 Å². The summed E-state index contributed by atoms with van der Waals surface area (Å²) in [6.07, 6.45) is -10.9. The fourth-order valence-electron chi connectivity index (χ4n) is 6.97. The molecule has 0 aromatic heterocycles. The molecule has 0 aliphatic carbocycles. The van der Waals surface area contributed by atoms with Crippen LogP contribution < -0.4 is 4.90 Å². The van der Waals surface area contributed by atoms with Gasteiger partial charge in [-0.2, -0.15) is 31.6 Å². The summed E-state index contributed by atoms with van der Waals surface area (Å²) in [6, 6.07) is 4.25. The van der Waals surface area contributed by atoms with E-state index < -0.39 is 70.7 Å². The molecule has 0 unspecified atom stereocenters. The van der Waals surface area contributed by atoms with Gasteiger partial charge in [0.15, 0.2) is 0 Å². The lowest BCUT2D eigenvalue weighted by Gasteiger charge is -2.45. The van der Waals surface area contributed by atoms with E-state index in [9.17, 15) is 40.7 Å². The van der Waals surface area contributed by atoms with Crippen molar-refractivity contribution in [3.8, 4) is 6.07 Å². The first-order valence-electron chi connectivity index (χ1n) is 13.4. The highest BCUT2D eigenvalue weighted by atomic mass is 19.4. The molecule has 4 fully saturated rings. The highest BCUT2D eigenvalue weighted by Gasteiger charge is 2.71. The summed E-state index contributed by atoms with van der Waals surface area (Å²) in [5.74, 6) is -4.11. The van der Waals surface area contributed by atoms with Gasteiger partial charge in [-0.05, 0) is 32.0 Å². The van der Waals surface area contributed by atoms with Gasteiger partial charge in [0.25, 0.3) is 0 Å². The number of nitriles is 1. The first kappa shape index (κ1) is 30.2. The maximum absolute atomic E-state index is 13.6. The van der Waals surface area contributed by atoms with E-state index in [1.807, 2.05) is 4.90 Å². The predicted octanol–water partition coefficient (Wildman–Crippen LogP) is 2.64. The molecule has 4 aliphatic heterocycles. The van der Waals surface area contributed by atoms with Gasteiger partial charge in [-0.15, -0.1) is 0 Å². The van der Waals surface area contributed by atoms with Crippen molar-refractivity contribution >= 4 is 23.4 Å². The molecular weight excluding hydrogens is 572 g/mol. The Hall–Kier alpha value is -3.22. The normalized spacial score (nSPS) is 30.5. The number of carbonyl (C=O) groups excluding carboxylic acids is 3. The van der Waals surface area contributed by atoms with Crippen LogP contribution in [0.3, 0.4) is 0 Å². The molecule has 15 heteroatoms. The fourth-order valence-corrected chi connectivity index (χ4v) is 6.97. The van der Waals surface area contributed by atoms with E-state index in [2.05, 4.69) is 4.90 Å². The van der Waals surface area contributed by atoms with Gasteiger partial charge in [0, 0.05) is 52.4 Å². The molecule has 4 atom stereocenters. The summed E-state index contributed by atoms with van der Waals surface area (Å²) in [7, 11) is 0. The van der Waals surface area contributed by atoms with Crippen LogP contribution >= 0.6 is 0 Å². The summed E-state index contributed by atoms with van der Waals surface area (Å²) in [6.45, 7) is 6.22. The molecular formula is C27H29F6N5O4. The van der Waals surface area contributed by atoms with Gasteiger partial charge >= 0.3 is 12.4 Å². The number of carbonyl (C=O) groups is 3. The van der Waals surface area contributed by atoms with Crippen molar-refractivity contribution in [2.45, 2.75) is 43.8 Å². The quantitative estimate of drug-likeness (QED) is 0.378. The van der Waals surface area contributed by atoms with Crippen LogP contribution in [-0.2, 0) is 25.3 Å². The Morgan fingerprint density at radius 3 is 2.00 bits per heavy atom. The summed E-state index contributed by atoms with van der Waals surface area (Å²) in [5, 5.41) is 9.10. The number of hydrogen-bond acceptors (Lipinski definition) is 7. The molecule has 1 aromatic rings. The lowest BCUT2D eigenvalue weighted by atomic mass is 9.79. The van der Waals surface area contributed by atoms with Gasteiger partial charge in [0.1, 0.15) is 6.42 Å². The molecule has 5 rings (SSSR count). The molecule has 0 N–H and O–H groups in total. The average molecular weight is 602 g/mol. The Morgan fingerprint density at radius 1 is 0.952 bits per heavy atom. The third-order valence-corrected chi connectivity index (χ3v) is 8.66. The van der Waals surface area contributed by atoms with E-state index in [1.54, 1.807) is 13.8 Å². The number of halogens is 6. The van der Waals surface area contributed by atoms with Gasteiger partial charge in [0.05, 0.1) is 45.9 Å². The van der Waals surface area contributed by atoms with Gasteiger partial charge in [-0.25, -0.2) is 4.90 Å². The summed E-state index contributed by atoms with van der Waals surface area (Å²) >= 11 is 0. The number of morpholine rings is 1. The third-order valence-electron chi connectivity index (χ3n) is 8.66. The Bertz CT molecular complexity index is 1300. The number of rotatable bonds is 5. The van der Waals surface area contributed by atoms with Gasteiger partial charge < -0.3 is 9.64 Å². The van der Waals surface area contributed by atoms with E-state index in [-0.39, 0.29) is 31.9 Å². The van der Waals surface area contributed by atoms with Crippen molar-refractivity contribution in [1.82, 2.24) is 14.7 Å². The van der Waals surface area contributed by atoms with Crippen LogP contribution in [0.2, 0.25) is 0 Å². The van der Waals surface area contributed by atoms with E-state index in [1.165, 1.54) is 11.0 Å². The van der Waals surface area contributed by atoms with Crippen LogP contribution in [0.5, 0.6) is 0 Å². The number of benzene rings is 1. The molecule has 0 spiro atoms. The lowest BCUT2D eigenvalue weighted by Crippen LogP contribution is -2.59. The number of piperazine rings is 1. The van der Waals surface area contributed by atoms with Crippen molar-refractivity contribution in [3.05, 3.63) is 29.3 Å². The lowest BCUT2D eigenvalue weighted by molar-refractivity contribution is -0.170. The highest BCUT2D eigenvalue weighted by molar-refractivity contribution is 6.23. The Kier molecular flexibility index (Phi) is 7.35. The first-order chi connectivity index (χ1) is 19.5. The number of anilines is 1. The zero-order valence-corrected chi connectivity index (χ0v) is 22.9. The molecule has 0 radical (unpaired) electrons. The Balaban J connectivity index is 1.26. The summed E-state index contributed by atoms with van der Waals surface area (Å²) < 4.78 is 84.7. The van der Waals surface area contributed by atoms with Crippen molar-refractivity contribution in [3.63, 3.8) is 0 Å². The van der Waals surface area contributed by atoms with Gasteiger partial charge in [-0.1, -0.05) is 0 Å². The van der Waals surface area contributed by atoms with Crippen molar-refractivity contribution < 1.29 is 45.5 Å². The highest BCUT2D eigenvalue weighted by Crippen LogP contribution is 2.55. The molecule has 4 aliphatic rings. The second kappa shape index (κ2) is 10.2. The van der Waals surface area contributed by atoms with Gasteiger partial charge in [0.2, 0.25) is 17.7 Å². The minimum atomic E-state index is -4.86. The molecule has 4 heterocycles. The minimum absolute atomic E-state index is 0.182. The number of likely N-dealkylation sites (tertiary alicyclic amines) is 1. The van der Waals surface area contributed by atoms with E-state index >= 15 is 0 Å². The number of hydrogen-bond donors (Lipinski definition) is 0. The van der Waals surface area contributed by atoms with Crippen molar-refractivity contribution in [1.29, 1.82) is 5.26 Å². The smallest absolute Gasteiger partial charge is 0.365 e. The third kappa shape index (κ3) is 5.35. The SMILES string of the molecule is C[C@]12CN(CCN3CCN(C(=O)CC(F)(F)F)CC3)C[C@](C)(O1)[C@@H]1C(=O)N(c3ccc(C#N)c(C(F)(F)F)c3)C(=O)[C@@H]12. The molecule has 9 nitrogen and oxygen atoms in total. The summed E-state index contributed by atoms with van der Waals surface area (Å²) in [4.78, 5) is 45.2. The van der Waals surface area contributed by atoms with Gasteiger partial charge in [-0.3, -0.25) is 24.2 Å². The first-order valence-corrected chi connectivity index (χ1v) is 13.4. The van der Waals surface area contributed by atoms with Crippen molar-refractivity contribution in [2.24, 2.45) is 11.8 Å². The number of fused-ring (bicyclic) bond motifs is 5. The van der Waals surface area contributed by atoms with Crippen LogP contribution in [-0.4, -0.2) is 102 Å². The molecule has 0 saturated carbocycles. The number of alkyl halides is 6. The summed E-state index contributed by atoms with van der Waals surface area (Å²) in [5.41, 5.74) is -4.29. The average Bonchev–Trinajstić information content (AvgIpc) is 3.26. The van der Waals surface area contributed by atoms with E-state index in [0.717, 1.165) is 17.0 Å². The maximum Gasteiger partial charge on any atom is 0.417 e. The standard InChI is InChI=1S/C27H29F6N5O4/c1-24-14-36(6-5-35-7-9-37(10-8-35)19(39)12-26(28,29)30)15-25(2,42-24)21-20(24)22(40)38(23(21)41)17-4-3-16(13-34)18(11-17)27(31,32)33/h3-4,11,20-21H,5-10,12,14-15H2,1-2H3/t20-,21+,24-,25+. The van der Waals surface area contributed by atoms with Crippen LogP contribution in [0.4, 0.5) is 32.0 Å². The number of nitrogens with zero attached hydrogens (tertiary/aromatic N) is 5. The number of imide groups is 1. The topological polar surface area (TPSA) is 97.2 Å². The second-order valence-electron chi connectivity index (χ2n) is 11.8. The van der Waals surface area contributed by atoms with Crippen LogP contribution in [0.25, 0.3) is 0 Å². The minimum Gasteiger partial charge on any atom is -0.365 e. The molecule has 228 valence electrons. The molecule has 42 heavy (non-hydrogen) atoms. The number of amides is 3. The second-order valence-corrected chi connectivity index (χ2v) is 11.8. The maximum atomic E-state index is 13.6. The Morgan fingerprint density at radius 2 is 1.50 bits per heavy atom.